The molecule has 6 nitrogen and oxygen atoms in total. The third-order valence-electron chi connectivity index (χ3n) is 6.51. The normalized spacial score (nSPS) is 13.9. The summed E-state index contributed by atoms with van der Waals surface area (Å²) < 4.78 is 6.50. The number of fused-ring (bicyclic) bond motifs is 2. The van der Waals surface area contributed by atoms with Crippen LogP contribution in [0.4, 0.5) is 5.13 Å². The van der Waals surface area contributed by atoms with Crippen LogP contribution in [0.3, 0.4) is 0 Å². The summed E-state index contributed by atoms with van der Waals surface area (Å²) >= 11 is 7.89. The van der Waals surface area contributed by atoms with Gasteiger partial charge in [-0.3, -0.25) is 4.79 Å². The van der Waals surface area contributed by atoms with E-state index >= 15 is 0 Å². The molecule has 36 heavy (non-hydrogen) atoms. The van der Waals surface area contributed by atoms with Crippen LogP contribution in [0.5, 0.6) is 5.75 Å². The average Bonchev–Trinajstić information content (AvgIpc) is 3.37. The van der Waals surface area contributed by atoms with E-state index in [1.54, 1.807) is 18.4 Å². The van der Waals surface area contributed by atoms with Gasteiger partial charge in [-0.2, -0.15) is 0 Å². The SMILES string of the molecule is COc1c(Cl)ccc2sc(N3CCN(C(=O)c4cc(-c5ccccc5)nc5ccccc45)CC3)nc12. The van der Waals surface area contributed by atoms with Crippen LogP contribution in [0.1, 0.15) is 10.4 Å². The van der Waals surface area contributed by atoms with Gasteiger partial charge >= 0.3 is 0 Å². The van der Waals surface area contributed by atoms with Gasteiger partial charge < -0.3 is 14.5 Å². The molecule has 0 aliphatic carbocycles. The van der Waals surface area contributed by atoms with E-state index in [4.69, 9.17) is 26.3 Å². The number of methoxy groups -OCH3 is 1. The maximum atomic E-state index is 13.7. The van der Waals surface area contributed by atoms with Crippen LogP contribution < -0.4 is 9.64 Å². The summed E-state index contributed by atoms with van der Waals surface area (Å²) in [6.45, 7) is 2.64. The fourth-order valence-electron chi connectivity index (χ4n) is 4.64. The van der Waals surface area contributed by atoms with E-state index in [0.29, 0.717) is 42.5 Å². The molecule has 1 amide bonds. The van der Waals surface area contributed by atoms with E-state index in [1.807, 2.05) is 77.7 Å². The van der Waals surface area contributed by atoms with Crippen molar-refractivity contribution in [3.63, 3.8) is 0 Å². The first kappa shape index (κ1) is 22.8. The number of thiazole rings is 1. The van der Waals surface area contributed by atoms with Crippen LogP contribution in [0.25, 0.3) is 32.4 Å². The van der Waals surface area contributed by atoms with Crippen molar-refractivity contribution in [2.75, 3.05) is 38.2 Å². The number of aromatic nitrogens is 2. The Hall–Kier alpha value is -3.68. The van der Waals surface area contributed by atoms with Crippen LogP contribution in [-0.4, -0.2) is 54.1 Å². The minimum atomic E-state index is 0.0307. The molecular weight excluding hydrogens is 492 g/mol. The lowest BCUT2D eigenvalue weighted by atomic mass is 10.0. The van der Waals surface area contributed by atoms with Crippen LogP contribution in [-0.2, 0) is 0 Å². The van der Waals surface area contributed by atoms with Gasteiger partial charge in [0.15, 0.2) is 10.9 Å². The summed E-state index contributed by atoms with van der Waals surface area (Å²) in [6, 6.07) is 23.6. The highest BCUT2D eigenvalue weighted by atomic mass is 35.5. The second-order valence-electron chi connectivity index (χ2n) is 8.64. The summed E-state index contributed by atoms with van der Waals surface area (Å²) in [7, 11) is 1.61. The molecule has 1 saturated heterocycles. The molecule has 8 heteroatoms. The van der Waals surface area contributed by atoms with Gasteiger partial charge in [0.1, 0.15) is 5.52 Å². The summed E-state index contributed by atoms with van der Waals surface area (Å²) in [5.41, 5.74) is 4.09. The fourth-order valence-corrected chi connectivity index (χ4v) is 5.89. The molecule has 0 bridgehead atoms. The summed E-state index contributed by atoms with van der Waals surface area (Å²) in [4.78, 5) is 27.5. The third-order valence-corrected chi connectivity index (χ3v) is 7.89. The molecule has 0 spiro atoms. The lowest BCUT2D eigenvalue weighted by Crippen LogP contribution is -2.48. The maximum absolute atomic E-state index is 13.7. The Morgan fingerprint density at radius 1 is 0.944 bits per heavy atom. The van der Waals surface area contributed by atoms with Crippen molar-refractivity contribution < 1.29 is 9.53 Å². The number of carbonyl (C=O) groups is 1. The van der Waals surface area contributed by atoms with Crippen molar-refractivity contribution in [1.29, 1.82) is 0 Å². The van der Waals surface area contributed by atoms with Crippen LogP contribution in [0.15, 0.2) is 72.8 Å². The van der Waals surface area contributed by atoms with E-state index in [2.05, 4.69) is 4.90 Å². The molecule has 0 N–H and O–H groups in total. The molecular formula is C28H23ClN4O2S. The monoisotopic (exact) mass is 514 g/mol. The van der Waals surface area contributed by atoms with E-state index in [-0.39, 0.29) is 5.91 Å². The highest BCUT2D eigenvalue weighted by Crippen LogP contribution is 2.38. The van der Waals surface area contributed by atoms with Crippen molar-refractivity contribution >= 4 is 55.1 Å². The molecule has 0 atom stereocenters. The zero-order chi connectivity index (χ0) is 24.6. The number of piperazine rings is 1. The number of hydrogen-bond acceptors (Lipinski definition) is 6. The predicted molar refractivity (Wildman–Crippen MR) is 146 cm³/mol. The Balaban J connectivity index is 1.26. The van der Waals surface area contributed by atoms with E-state index < -0.39 is 0 Å². The molecule has 5 aromatic rings. The molecule has 3 aromatic carbocycles. The topological polar surface area (TPSA) is 58.6 Å². The van der Waals surface area contributed by atoms with Gasteiger partial charge in [0.2, 0.25) is 0 Å². The highest BCUT2D eigenvalue weighted by Gasteiger charge is 2.26. The largest absolute Gasteiger partial charge is 0.493 e. The molecule has 0 radical (unpaired) electrons. The first-order valence-electron chi connectivity index (χ1n) is 11.7. The zero-order valence-corrected chi connectivity index (χ0v) is 21.2. The van der Waals surface area contributed by atoms with Crippen molar-refractivity contribution in [3.8, 4) is 17.0 Å². The number of amides is 1. The number of rotatable bonds is 4. The average molecular weight is 515 g/mol. The number of para-hydroxylation sites is 1. The number of carbonyl (C=O) groups excluding carboxylic acids is 1. The van der Waals surface area contributed by atoms with Crippen molar-refractivity contribution in [2.24, 2.45) is 0 Å². The molecule has 0 saturated carbocycles. The van der Waals surface area contributed by atoms with Crippen LogP contribution in [0, 0.1) is 0 Å². The second-order valence-corrected chi connectivity index (χ2v) is 10.1. The second kappa shape index (κ2) is 9.41. The molecule has 6 rings (SSSR count). The Morgan fingerprint density at radius 3 is 2.47 bits per heavy atom. The number of nitrogens with zero attached hydrogens (tertiary/aromatic N) is 4. The Bertz CT molecular complexity index is 1580. The van der Waals surface area contributed by atoms with E-state index in [0.717, 1.165) is 37.5 Å². The first-order chi connectivity index (χ1) is 17.6. The summed E-state index contributed by atoms with van der Waals surface area (Å²) in [5.74, 6) is 0.632. The van der Waals surface area contributed by atoms with E-state index in [1.165, 1.54) is 0 Å². The fraction of sp³-hybridized carbons (Fsp3) is 0.179. The van der Waals surface area contributed by atoms with Crippen molar-refractivity contribution in [1.82, 2.24) is 14.9 Å². The smallest absolute Gasteiger partial charge is 0.254 e. The first-order valence-corrected chi connectivity index (χ1v) is 12.9. The molecule has 1 fully saturated rings. The maximum Gasteiger partial charge on any atom is 0.254 e. The van der Waals surface area contributed by atoms with Gasteiger partial charge in [-0.05, 0) is 24.3 Å². The van der Waals surface area contributed by atoms with E-state index in [9.17, 15) is 4.79 Å². The Labute approximate surface area is 217 Å². The van der Waals surface area contributed by atoms with Gasteiger partial charge in [0, 0.05) is 37.1 Å². The number of benzene rings is 3. The number of ether oxygens (including phenoxy) is 1. The third kappa shape index (κ3) is 4.04. The van der Waals surface area contributed by atoms with Gasteiger partial charge in [-0.1, -0.05) is 71.5 Å². The van der Waals surface area contributed by atoms with Crippen LogP contribution in [0.2, 0.25) is 5.02 Å². The Kier molecular flexibility index (Phi) is 5.95. The molecule has 0 unspecified atom stereocenters. The minimum Gasteiger partial charge on any atom is -0.493 e. The van der Waals surface area contributed by atoms with Gasteiger partial charge in [-0.25, -0.2) is 9.97 Å². The van der Waals surface area contributed by atoms with Gasteiger partial charge in [0.25, 0.3) is 5.91 Å². The minimum absolute atomic E-state index is 0.0307. The lowest BCUT2D eigenvalue weighted by Gasteiger charge is -2.34. The van der Waals surface area contributed by atoms with Crippen molar-refractivity contribution in [2.45, 2.75) is 0 Å². The summed E-state index contributed by atoms with van der Waals surface area (Å²) in [6.07, 6.45) is 0. The highest BCUT2D eigenvalue weighted by molar-refractivity contribution is 7.22. The molecule has 1 aliphatic heterocycles. The number of halogens is 1. The van der Waals surface area contributed by atoms with Gasteiger partial charge in [0.05, 0.1) is 33.6 Å². The van der Waals surface area contributed by atoms with Crippen molar-refractivity contribution in [3.05, 3.63) is 83.4 Å². The number of pyridine rings is 1. The summed E-state index contributed by atoms with van der Waals surface area (Å²) in [5, 5.41) is 2.34. The standard InChI is InChI=1S/C28H23ClN4O2S/c1-35-26-21(29)11-12-24-25(26)31-28(36-24)33-15-13-32(14-16-33)27(34)20-17-23(18-7-3-2-4-8-18)30-22-10-6-5-9-19(20)22/h2-12,17H,13-16H2,1H3. The molecule has 2 aromatic heterocycles. The predicted octanol–water partition coefficient (Wildman–Crippen LogP) is 6.14. The quantitative estimate of drug-likeness (QED) is 0.288. The molecule has 3 heterocycles. The number of hydrogen-bond donors (Lipinski definition) is 0. The number of anilines is 1. The lowest BCUT2D eigenvalue weighted by molar-refractivity contribution is 0.0748. The molecule has 1 aliphatic rings. The Morgan fingerprint density at radius 2 is 1.69 bits per heavy atom. The molecule has 180 valence electrons. The van der Waals surface area contributed by atoms with Crippen LogP contribution >= 0.6 is 22.9 Å². The van der Waals surface area contributed by atoms with Gasteiger partial charge in [-0.15, -0.1) is 0 Å². The zero-order valence-electron chi connectivity index (χ0n) is 19.6.